The summed E-state index contributed by atoms with van der Waals surface area (Å²) in [4.78, 5) is 23.4. The highest BCUT2D eigenvalue weighted by atomic mass is 19.1. The van der Waals surface area contributed by atoms with Crippen LogP contribution < -0.4 is 15.4 Å². The van der Waals surface area contributed by atoms with Crippen molar-refractivity contribution in [3.63, 3.8) is 0 Å². The van der Waals surface area contributed by atoms with Gasteiger partial charge in [0.25, 0.3) is 5.91 Å². The number of hydrogen-bond acceptors (Lipinski definition) is 3. The van der Waals surface area contributed by atoms with Crippen molar-refractivity contribution in [3.05, 3.63) is 52.3 Å². The second-order valence-corrected chi connectivity index (χ2v) is 10.3. The van der Waals surface area contributed by atoms with Crippen molar-refractivity contribution in [2.75, 3.05) is 7.11 Å². The Labute approximate surface area is 188 Å². The number of fused-ring (bicyclic) bond motifs is 1. The van der Waals surface area contributed by atoms with Crippen LogP contribution in [0.1, 0.15) is 62.8 Å². The van der Waals surface area contributed by atoms with Crippen molar-refractivity contribution in [2.45, 2.75) is 70.8 Å². The van der Waals surface area contributed by atoms with Gasteiger partial charge < -0.3 is 10.1 Å². The number of methoxy groups -OCH3 is 1. The standard InChI is InChI=1S/C26H31FN2O3/c1-14-11-17-18(26(4,5)10-9-25(17,2)3)13-16(14)21-20(32-6)8-7-15(22(21)27)12-19-23(30)29-24(31)28-19/h7-8,11,13,19H,9-10,12H2,1-6H3,(H2,28,29,30,31). The lowest BCUT2D eigenvalue weighted by molar-refractivity contribution is -0.120. The molecule has 2 aromatic rings. The molecule has 1 aliphatic carbocycles. The van der Waals surface area contributed by atoms with Gasteiger partial charge in [-0.25, -0.2) is 9.18 Å². The van der Waals surface area contributed by atoms with Gasteiger partial charge in [0.15, 0.2) is 0 Å². The monoisotopic (exact) mass is 438 g/mol. The molecule has 1 atom stereocenters. The van der Waals surface area contributed by atoms with Gasteiger partial charge in [-0.2, -0.15) is 0 Å². The smallest absolute Gasteiger partial charge is 0.322 e. The number of nitrogens with one attached hydrogen (secondary N) is 2. The van der Waals surface area contributed by atoms with Crippen molar-refractivity contribution >= 4 is 11.9 Å². The van der Waals surface area contributed by atoms with Crippen LogP contribution in [0.25, 0.3) is 11.1 Å². The van der Waals surface area contributed by atoms with Crippen LogP contribution in [0.15, 0.2) is 24.3 Å². The van der Waals surface area contributed by atoms with Gasteiger partial charge in [0, 0.05) is 6.42 Å². The van der Waals surface area contributed by atoms with Crippen LogP contribution in [0.3, 0.4) is 0 Å². The van der Waals surface area contributed by atoms with Crippen LogP contribution in [0.5, 0.6) is 5.75 Å². The normalized spacial score (nSPS) is 21.0. The number of ether oxygens (including phenoxy) is 1. The Hall–Kier alpha value is -2.89. The maximum Gasteiger partial charge on any atom is 0.322 e. The molecule has 0 bridgehead atoms. The maximum absolute atomic E-state index is 15.9. The quantitative estimate of drug-likeness (QED) is 0.667. The van der Waals surface area contributed by atoms with Gasteiger partial charge in [-0.05, 0) is 70.5 Å². The fraction of sp³-hybridized carbons (Fsp3) is 0.462. The number of urea groups is 1. The first-order chi connectivity index (χ1) is 14.9. The van der Waals surface area contributed by atoms with Crippen LogP contribution in [-0.2, 0) is 22.0 Å². The van der Waals surface area contributed by atoms with E-state index in [1.807, 2.05) is 6.92 Å². The Balaban J connectivity index is 1.86. The molecule has 1 fully saturated rings. The predicted molar refractivity (Wildman–Crippen MR) is 123 cm³/mol. The molecule has 1 unspecified atom stereocenters. The van der Waals surface area contributed by atoms with E-state index in [-0.39, 0.29) is 17.3 Å². The third kappa shape index (κ3) is 3.65. The fourth-order valence-electron chi connectivity index (χ4n) is 4.99. The summed E-state index contributed by atoms with van der Waals surface area (Å²) >= 11 is 0. The molecule has 0 saturated carbocycles. The first-order valence-corrected chi connectivity index (χ1v) is 11.1. The zero-order valence-electron chi connectivity index (χ0n) is 19.6. The zero-order chi connectivity index (χ0) is 23.4. The largest absolute Gasteiger partial charge is 0.496 e. The summed E-state index contributed by atoms with van der Waals surface area (Å²) < 4.78 is 21.5. The molecule has 2 N–H and O–H groups in total. The van der Waals surface area contributed by atoms with E-state index in [9.17, 15) is 9.59 Å². The Morgan fingerprint density at radius 3 is 2.25 bits per heavy atom. The summed E-state index contributed by atoms with van der Waals surface area (Å²) in [7, 11) is 1.53. The van der Waals surface area contributed by atoms with E-state index in [4.69, 9.17) is 4.74 Å². The Bertz CT molecular complexity index is 1120. The maximum atomic E-state index is 15.9. The second-order valence-electron chi connectivity index (χ2n) is 10.3. The topological polar surface area (TPSA) is 67.4 Å². The highest BCUT2D eigenvalue weighted by molar-refractivity contribution is 6.04. The molecule has 0 radical (unpaired) electrons. The first-order valence-electron chi connectivity index (χ1n) is 11.1. The number of rotatable bonds is 4. The van der Waals surface area contributed by atoms with Crippen LogP contribution in [-0.4, -0.2) is 25.1 Å². The van der Waals surface area contributed by atoms with E-state index >= 15 is 4.39 Å². The van der Waals surface area contributed by atoms with Gasteiger partial charge in [-0.15, -0.1) is 0 Å². The van der Waals surface area contributed by atoms with Crippen molar-refractivity contribution in [1.29, 1.82) is 0 Å². The molecule has 0 aromatic heterocycles. The number of carbonyl (C=O) groups is 2. The molecule has 170 valence electrons. The lowest BCUT2D eigenvalue weighted by Gasteiger charge is -2.42. The lowest BCUT2D eigenvalue weighted by Crippen LogP contribution is -2.34. The van der Waals surface area contributed by atoms with E-state index in [2.05, 4.69) is 50.5 Å². The summed E-state index contributed by atoms with van der Waals surface area (Å²) in [6.45, 7) is 11.0. The number of amides is 3. The summed E-state index contributed by atoms with van der Waals surface area (Å²) in [5.41, 5.74) is 5.14. The van der Waals surface area contributed by atoms with E-state index in [0.717, 1.165) is 24.0 Å². The molecule has 1 heterocycles. The number of imide groups is 1. The minimum Gasteiger partial charge on any atom is -0.496 e. The Kier molecular flexibility index (Phi) is 5.30. The van der Waals surface area contributed by atoms with Crippen molar-refractivity contribution < 1.29 is 18.7 Å². The highest BCUT2D eigenvalue weighted by Crippen LogP contribution is 2.48. The summed E-state index contributed by atoms with van der Waals surface area (Å²) in [6.07, 6.45) is 2.24. The summed E-state index contributed by atoms with van der Waals surface area (Å²) in [5.74, 6) is -0.419. The lowest BCUT2D eigenvalue weighted by atomic mass is 9.62. The van der Waals surface area contributed by atoms with E-state index in [1.165, 1.54) is 18.2 Å². The van der Waals surface area contributed by atoms with E-state index in [0.29, 0.717) is 16.9 Å². The number of halogens is 1. The SMILES string of the molecule is COc1ccc(CC2NC(=O)NC2=O)c(F)c1-c1cc2c(cc1C)C(C)(C)CCC2(C)C. The molecule has 1 saturated heterocycles. The van der Waals surface area contributed by atoms with Gasteiger partial charge in [-0.3, -0.25) is 10.1 Å². The third-order valence-electron chi connectivity index (χ3n) is 7.15. The van der Waals surface area contributed by atoms with Crippen LogP contribution in [0.4, 0.5) is 9.18 Å². The molecule has 2 aliphatic rings. The Morgan fingerprint density at radius 1 is 1.06 bits per heavy atom. The molecular weight excluding hydrogens is 407 g/mol. The van der Waals surface area contributed by atoms with Crippen molar-refractivity contribution in [1.82, 2.24) is 10.6 Å². The summed E-state index contributed by atoms with van der Waals surface area (Å²) in [5, 5.41) is 4.74. The van der Waals surface area contributed by atoms with Crippen molar-refractivity contribution in [3.8, 4) is 16.9 Å². The molecule has 6 heteroatoms. The van der Waals surface area contributed by atoms with Gasteiger partial charge in [0.2, 0.25) is 0 Å². The number of aryl methyl sites for hydroxylation is 1. The van der Waals surface area contributed by atoms with Gasteiger partial charge in [0.1, 0.15) is 17.6 Å². The molecule has 2 aromatic carbocycles. The predicted octanol–water partition coefficient (Wildman–Crippen LogP) is 4.91. The van der Waals surface area contributed by atoms with E-state index < -0.39 is 23.8 Å². The minimum absolute atomic E-state index is 0.0131. The van der Waals surface area contributed by atoms with E-state index in [1.54, 1.807) is 12.1 Å². The van der Waals surface area contributed by atoms with Crippen LogP contribution in [0, 0.1) is 12.7 Å². The van der Waals surface area contributed by atoms with Crippen LogP contribution >= 0.6 is 0 Å². The van der Waals surface area contributed by atoms with Gasteiger partial charge >= 0.3 is 6.03 Å². The average Bonchev–Trinajstić information content (AvgIpc) is 3.04. The third-order valence-corrected chi connectivity index (χ3v) is 7.15. The van der Waals surface area contributed by atoms with Crippen molar-refractivity contribution in [2.24, 2.45) is 0 Å². The number of benzene rings is 2. The molecule has 4 rings (SSSR count). The number of carbonyl (C=O) groups excluding carboxylic acids is 2. The van der Waals surface area contributed by atoms with Crippen LogP contribution in [0.2, 0.25) is 0 Å². The second kappa shape index (κ2) is 7.61. The van der Waals surface area contributed by atoms with Gasteiger partial charge in [-0.1, -0.05) is 39.8 Å². The first kappa shape index (κ1) is 22.3. The molecular formula is C26H31FN2O3. The molecule has 3 amide bonds. The molecule has 1 aliphatic heterocycles. The number of hydrogen-bond donors (Lipinski definition) is 2. The zero-order valence-corrected chi connectivity index (χ0v) is 19.6. The fourth-order valence-corrected chi connectivity index (χ4v) is 4.99. The minimum atomic E-state index is -0.789. The Morgan fingerprint density at radius 2 is 1.69 bits per heavy atom. The average molecular weight is 439 g/mol. The van der Waals surface area contributed by atoms with Gasteiger partial charge in [0.05, 0.1) is 12.7 Å². The highest BCUT2D eigenvalue weighted by Gasteiger charge is 2.38. The molecule has 0 spiro atoms. The molecule has 32 heavy (non-hydrogen) atoms. The summed E-state index contributed by atoms with van der Waals surface area (Å²) in [6, 6.07) is 6.33. The molecule has 5 nitrogen and oxygen atoms in total.